The van der Waals surface area contributed by atoms with E-state index in [9.17, 15) is 4.39 Å². The van der Waals surface area contributed by atoms with Crippen molar-refractivity contribution in [3.63, 3.8) is 0 Å². The normalized spacial score (nSPS) is 14.8. The van der Waals surface area contributed by atoms with E-state index in [1.165, 1.54) is 12.3 Å². The fourth-order valence-electron chi connectivity index (χ4n) is 2.50. The summed E-state index contributed by atoms with van der Waals surface area (Å²) in [4.78, 5) is 4.02. The maximum Gasteiger partial charge on any atom is 0.146 e. The number of ether oxygens (including phenoxy) is 1. The third-order valence-electron chi connectivity index (χ3n) is 3.40. The zero-order chi connectivity index (χ0) is 14.1. The van der Waals surface area contributed by atoms with Gasteiger partial charge in [0.25, 0.3) is 0 Å². The molecule has 1 atom stereocenters. The van der Waals surface area contributed by atoms with Crippen molar-refractivity contribution in [1.82, 2.24) is 4.98 Å². The maximum atomic E-state index is 13.7. The lowest BCUT2D eigenvalue weighted by Gasteiger charge is -2.14. The summed E-state index contributed by atoms with van der Waals surface area (Å²) in [6, 6.07) is 6.11. The van der Waals surface area contributed by atoms with E-state index in [0.717, 1.165) is 23.3 Å². The van der Waals surface area contributed by atoms with Crippen molar-refractivity contribution in [3.05, 3.63) is 58.1 Å². The molecule has 0 radical (unpaired) electrons. The Hall–Kier alpha value is -1.65. The van der Waals surface area contributed by atoms with E-state index >= 15 is 0 Å². The van der Waals surface area contributed by atoms with Crippen LogP contribution in [0.2, 0.25) is 5.02 Å². The number of rotatable bonds is 3. The minimum atomic E-state index is -0.525. The van der Waals surface area contributed by atoms with Crippen LogP contribution in [0.25, 0.3) is 0 Å². The minimum Gasteiger partial charge on any atom is -0.493 e. The summed E-state index contributed by atoms with van der Waals surface area (Å²) in [6.07, 6.45) is 2.82. The van der Waals surface area contributed by atoms with Crippen molar-refractivity contribution < 1.29 is 9.13 Å². The second-order valence-corrected chi connectivity index (χ2v) is 5.27. The Morgan fingerprint density at radius 1 is 1.45 bits per heavy atom. The molecule has 1 aromatic heterocycles. The molecule has 0 bridgehead atoms. The summed E-state index contributed by atoms with van der Waals surface area (Å²) >= 11 is 6.10. The Morgan fingerprint density at radius 2 is 2.30 bits per heavy atom. The number of pyridine rings is 1. The molecule has 0 fully saturated rings. The van der Waals surface area contributed by atoms with Crippen LogP contribution < -0.4 is 10.5 Å². The van der Waals surface area contributed by atoms with Crippen molar-refractivity contribution in [3.8, 4) is 5.75 Å². The quantitative estimate of drug-likeness (QED) is 0.946. The van der Waals surface area contributed by atoms with Crippen LogP contribution in [0, 0.1) is 5.82 Å². The summed E-state index contributed by atoms with van der Waals surface area (Å²) < 4.78 is 19.3. The first kappa shape index (κ1) is 13.3. The first-order valence-corrected chi connectivity index (χ1v) is 6.83. The predicted octanol–water partition coefficient (Wildman–Crippen LogP) is 3.05. The van der Waals surface area contributed by atoms with Gasteiger partial charge in [0, 0.05) is 17.6 Å². The number of nitrogens with zero attached hydrogens (tertiary/aromatic N) is 1. The Bertz CT molecular complexity index is 648. The molecule has 1 aliphatic heterocycles. The lowest BCUT2D eigenvalue weighted by Crippen LogP contribution is -2.17. The average Bonchev–Trinajstić information content (AvgIpc) is 2.87. The second-order valence-electron chi connectivity index (χ2n) is 4.83. The van der Waals surface area contributed by atoms with Crippen molar-refractivity contribution in [2.45, 2.75) is 18.9 Å². The van der Waals surface area contributed by atoms with Crippen molar-refractivity contribution in [2.75, 3.05) is 6.61 Å². The minimum absolute atomic E-state index is 0.263. The molecular weight excluding hydrogens is 279 g/mol. The van der Waals surface area contributed by atoms with Gasteiger partial charge in [0.1, 0.15) is 11.6 Å². The zero-order valence-electron chi connectivity index (χ0n) is 10.8. The van der Waals surface area contributed by atoms with Crippen LogP contribution >= 0.6 is 11.6 Å². The lowest BCUT2D eigenvalue weighted by molar-refractivity contribution is 0.352. The highest BCUT2D eigenvalue weighted by molar-refractivity contribution is 6.30. The molecule has 2 heterocycles. The molecule has 2 aromatic rings. The number of aromatic nitrogens is 1. The van der Waals surface area contributed by atoms with Gasteiger partial charge in [0.15, 0.2) is 0 Å². The molecule has 0 amide bonds. The molecule has 1 aromatic carbocycles. The molecule has 0 saturated heterocycles. The van der Waals surface area contributed by atoms with E-state index in [1.54, 1.807) is 6.07 Å². The highest BCUT2D eigenvalue weighted by Crippen LogP contribution is 2.34. The predicted molar refractivity (Wildman–Crippen MR) is 75.5 cm³/mol. The van der Waals surface area contributed by atoms with Crippen molar-refractivity contribution >= 4 is 11.6 Å². The number of hydrogen-bond donors (Lipinski definition) is 1. The fourth-order valence-corrected chi connectivity index (χ4v) is 2.77. The molecule has 1 unspecified atom stereocenters. The van der Waals surface area contributed by atoms with Gasteiger partial charge in [-0.1, -0.05) is 11.6 Å². The van der Waals surface area contributed by atoms with E-state index < -0.39 is 6.04 Å². The van der Waals surface area contributed by atoms with Gasteiger partial charge < -0.3 is 10.5 Å². The van der Waals surface area contributed by atoms with E-state index in [-0.39, 0.29) is 11.5 Å². The Kier molecular flexibility index (Phi) is 3.59. The van der Waals surface area contributed by atoms with E-state index in [2.05, 4.69) is 4.98 Å². The largest absolute Gasteiger partial charge is 0.493 e. The molecule has 3 nitrogen and oxygen atoms in total. The molecule has 2 N–H and O–H groups in total. The average molecular weight is 293 g/mol. The molecular formula is C15H14ClFN2O. The number of nitrogens with two attached hydrogens (primary N) is 1. The Labute approximate surface area is 121 Å². The van der Waals surface area contributed by atoms with Gasteiger partial charge in [-0.05, 0) is 41.8 Å². The molecule has 104 valence electrons. The third-order valence-corrected chi connectivity index (χ3v) is 3.62. The molecule has 3 rings (SSSR count). The molecule has 0 aliphatic carbocycles. The number of fused-ring (bicyclic) bond motifs is 1. The van der Waals surface area contributed by atoms with Gasteiger partial charge in [-0.15, -0.1) is 0 Å². The number of hydrogen-bond acceptors (Lipinski definition) is 3. The van der Waals surface area contributed by atoms with Crippen LogP contribution in [0.15, 0.2) is 30.5 Å². The molecule has 5 heteroatoms. The highest BCUT2D eigenvalue weighted by Gasteiger charge is 2.21. The van der Waals surface area contributed by atoms with Gasteiger partial charge in [-0.2, -0.15) is 0 Å². The van der Waals surface area contributed by atoms with Crippen LogP contribution in [-0.4, -0.2) is 11.6 Å². The van der Waals surface area contributed by atoms with Gasteiger partial charge in [-0.25, -0.2) is 4.39 Å². The monoisotopic (exact) mass is 292 g/mol. The first-order valence-electron chi connectivity index (χ1n) is 6.45. The lowest BCUT2D eigenvalue weighted by atomic mass is 10.00. The third kappa shape index (κ3) is 2.49. The summed E-state index contributed by atoms with van der Waals surface area (Å²) in [5.41, 5.74) is 8.32. The Balaban J connectivity index is 1.90. The topological polar surface area (TPSA) is 48.1 Å². The van der Waals surface area contributed by atoms with Gasteiger partial charge in [0.2, 0.25) is 0 Å². The van der Waals surface area contributed by atoms with Gasteiger partial charge in [0.05, 0.1) is 18.3 Å². The van der Waals surface area contributed by atoms with Crippen LogP contribution in [0.4, 0.5) is 4.39 Å². The van der Waals surface area contributed by atoms with Gasteiger partial charge in [-0.3, -0.25) is 4.98 Å². The Morgan fingerprint density at radius 3 is 3.10 bits per heavy atom. The van der Waals surface area contributed by atoms with E-state index in [0.29, 0.717) is 18.1 Å². The smallest absolute Gasteiger partial charge is 0.146 e. The van der Waals surface area contributed by atoms with Crippen molar-refractivity contribution in [1.29, 1.82) is 0 Å². The van der Waals surface area contributed by atoms with Crippen molar-refractivity contribution in [2.24, 2.45) is 5.73 Å². The van der Waals surface area contributed by atoms with E-state index in [4.69, 9.17) is 22.1 Å². The maximum absolute atomic E-state index is 13.7. The SMILES string of the molecule is NC(Cc1cc(Cl)cc2c1OCC2)c1ncccc1F. The van der Waals surface area contributed by atoms with Crippen LogP contribution in [0.5, 0.6) is 5.75 Å². The highest BCUT2D eigenvalue weighted by atomic mass is 35.5. The van der Waals surface area contributed by atoms with Crippen LogP contribution in [-0.2, 0) is 12.8 Å². The fraction of sp³-hybridized carbons (Fsp3) is 0.267. The van der Waals surface area contributed by atoms with Crippen LogP contribution in [0.3, 0.4) is 0 Å². The molecule has 0 saturated carbocycles. The number of halogens is 2. The summed E-state index contributed by atoms with van der Waals surface area (Å²) in [5.74, 6) is 0.445. The molecule has 20 heavy (non-hydrogen) atoms. The zero-order valence-corrected chi connectivity index (χ0v) is 11.5. The standard InChI is InChI=1S/C15H14ClFN2O/c16-11-6-9-3-5-20-15(9)10(7-11)8-13(18)14-12(17)2-1-4-19-14/h1-2,4,6-7,13H,3,5,8,18H2. The van der Waals surface area contributed by atoms with E-state index in [1.807, 2.05) is 12.1 Å². The molecule has 1 aliphatic rings. The van der Waals surface area contributed by atoms with Gasteiger partial charge >= 0.3 is 0 Å². The second kappa shape index (κ2) is 5.38. The first-order chi connectivity index (χ1) is 9.65. The molecule has 0 spiro atoms. The summed E-state index contributed by atoms with van der Waals surface area (Å²) in [7, 11) is 0. The number of benzene rings is 1. The van der Waals surface area contributed by atoms with Crippen LogP contribution in [0.1, 0.15) is 22.9 Å². The summed E-state index contributed by atoms with van der Waals surface area (Å²) in [5, 5.41) is 0.651. The summed E-state index contributed by atoms with van der Waals surface area (Å²) in [6.45, 7) is 0.649.